The molecule has 0 saturated heterocycles. The molecular formula is C12H5Br3ClF3S. The smallest absolute Gasteiger partial charge is 0.166 e. The maximum atomic E-state index is 12.9. The number of hydrogen-bond acceptors (Lipinski definition) is 1. The Balaban J connectivity index is 2.43. The molecule has 1 atom stereocenters. The van der Waals surface area contributed by atoms with Gasteiger partial charge in [0.1, 0.15) is 4.34 Å². The molecule has 1 unspecified atom stereocenters. The average molecular weight is 513 g/mol. The van der Waals surface area contributed by atoms with Crippen molar-refractivity contribution in [1.82, 2.24) is 0 Å². The molecular weight excluding hydrogens is 508 g/mol. The Morgan fingerprint density at radius 3 is 2.25 bits per heavy atom. The Hall–Kier alpha value is 0.440. The van der Waals surface area contributed by atoms with Crippen LogP contribution >= 0.6 is 70.7 Å². The summed E-state index contributed by atoms with van der Waals surface area (Å²) in [5, 5.41) is 0. The van der Waals surface area contributed by atoms with Crippen LogP contribution in [0.5, 0.6) is 0 Å². The molecule has 1 aromatic carbocycles. The number of alkyl halides is 4. The third-order valence-electron chi connectivity index (χ3n) is 2.50. The number of thiophene rings is 1. The molecule has 0 nitrogen and oxygen atoms in total. The lowest BCUT2D eigenvalue weighted by Crippen LogP contribution is -2.07. The van der Waals surface area contributed by atoms with Gasteiger partial charge in [-0.3, -0.25) is 0 Å². The number of rotatable bonds is 2. The van der Waals surface area contributed by atoms with Gasteiger partial charge in [0.05, 0.1) is 10.4 Å². The lowest BCUT2D eigenvalue weighted by Gasteiger charge is -2.13. The molecule has 0 spiro atoms. The normalized spacial score (nSPS) is 13.6. The molecule has 8 heteroatoms. The highest BCUT2D eigenvalue weighted by atomic mass is 79.9. The molecule has 108 valence electrons. The van der Waals surface area contributed by atoms with Crippen molar-refractivity contribution in [3.8, 4) is 0 Å². The van der Waals surface area contributed by atoms with Crippen LogP contribution in [-0.4, -0.2) is 0 Å². The van der Waals surface area contributed by atoms with Crippen LogP contribution < -0.4 is 0 Å². The van der Waals surface area contributed by atoms with Crippen LogP contribution in [0.3, 0.4) is 0 Å². The van der Waals surface area contributed by atoms with Crippen molar-refractivity contribution >= 4 is 70.7 Å². The largest absolute Gasteiger partial charge is 0.417 e. The standard InChI is InChI=1S/C12H5Br3ClF3S/c13-7-2-1-5(3-6(7)12(17,18)19)10(15)9-4-8(14)11(16)20-9/h1-4,10H. The van der Waals surface area contributed by atoms with E-state index in [0.29, 0.717) is 9.90 Å². The van der Waals surface area contributed by atoms with Crippen molar-refractivity contribution in [3.05, 3.63) is 53.6 Å². The fourth-order valence-electron chi connectivity index (χ4n) is 1.57. The molecule has 0 saturated carbocycles. The van der Waals surface area contributed by atoms with Crippen molar-refractivity contribution in [2.24, 2.45) is 0 Å². The summed E-state index contributed by atoms with van der Waals surface area (Å²) < 4.78 is 40.0. The molecule has 0 amide bonds. The summed E-state index contributed by atoms with van der Waals surface area (Å²) in [6, 6.07) is 5.96. The summed E-state index contributed by atoms with van der Waals surface area (Å²) in [6.45, 7) is 0. The van der Waals surface area contributed by atoms with E-state index < -0.39 is 11.7 Å². The van der Waals surface area contributed by atoms with E-state index >= 15 is 0 Å². The Labute approximate surface area is 147 Å². The highest BCUT2D eigenvalue weighted by Crippen LogP contribution is 2.43. The number of hydrogen-bond donors (Lipinski definition) is 0. The Morgan fingerprint density at radius 1 is 1.10 bits per heavy atom. The van der Waals surface area contributed by atoms with Crippen LogP contribution in [0.1, 0.15) is 20.8 Å². The Bertz CT molecular complexity index is 620. The minimum Gasteiger partial charge on any atom is -0.166 e. The van der Waals surface area contributed by atoms with Crippen LogP contribution in [0.25, 0.3) is 0 Å². The lowest BCUT2D eigenvalue weighted by molar-refractivity contribution is -0.138. The van der Waals surface area contributed by atoms with E-state index in [0.717, 1.165) is 15.4 Å². The fourth-order valence-corrected chi connectivity index (χ4v) is 4.48. The van der Waals surface area contributed by atoms with Crippen molar-refractivity contribution in [1.29, 1.82) is 0 Å². The average Bonchev–Trinajstić information content (AvgIpc) is 2.68. The van der Waals surface area contributed by atoms with Gasteiger partial charge in [-0.15, -0.1) is 11.3 Å². The molecule has 0 aliphatic rings. The summed E-state index contributed by atoms with van der Waals surface area (Å²) in [5.74, 6) is 0. The minimum atomic E-state index is -4.39. The van der Waals surface area contributed by atoms with E-state index in [2.05, 4.69) is 47.8 Å². The van der Waals surface area contributed by atoms with Crippen molar-refractivity contribution in [2.75, 3.05) is 0 Å². The van der Waals surface area contributed by atoms with Crippen molar-refractivity contribution < 1.29 is 13.2 Å². The molecule has 0 aliphatic carbocycles. The molecule has 2 rings (SSSR count). The maximum Gasteiger partial charge on any atom is 0.417 e. The van der Waals surface area contributed by atoms with Gasteiger partial charge in [0.15, 0.2) is 0 Å². The van der Waals surface area contributed by atoms with Gasteiger partial charge in [0.25, 0.3) is 0 Å². The van der Waals surface area contributed by atoms with Crippen molar-refractivity contribution in [3.63, 3.8) is 0 Å². The second-order valence-electron chi connectivity index (χ2n) is 3.87. The first-order valence-electron chi connectivity index (χ1n) is 5.15. The Morgan fingerprint density at radius 2 is 1.75 bits per heavy atom. The second-order valence-corrected chi connectivity index (χ2v) is 8.18. The third kappa shape index (κ3) is 3.61. The quantitative estimate of drug-likeness (QED) is 0.367. The van der Waals surface area contributed by atoms with Crippen LogP contribution in [0.15, 0.2) is 33.2 Å². The van der Waals surface area contributed by atoms with Gasteiger partial charge in [-0.2, -0.15) is 13.2 Å². The molecule has 0 N–H and O–H groups in total. The second kappa shape index (κ2) is 6.28. The first kappa shape index (κ1) is 16.8. The van der Waals surface area contributed by atoms with Crippen molar-refractivity contribution in [2.45, 2.75) is 11.0 Å². The molecule has 1 aromatic heterocycles. The SMILES string of the molecule is FC(F)(F)c1cc(C(Br)c2cc(Br)c(Cl)s2)ccc1Br. The predicted molar refractivity (Wildman–Crippen MR) is 86.9 cm³/mol. The number of halogens is 7. The summed E-state index contributed by atoms with van der Waals surface area (Å²) in [4.78, 5) is 0.489. The molecule has 2 aromatic rings. The van der Waals surface area contributed by atoms with Gasteiger partial charge in [0, 0.05) is 13.8 Å². The van der Waals surface area contributed by atoms with Gasteiger partial charge >= 0.3 is 6.18 Å². The highest BCUT2D eigenvalue weighted by Gasteiger charge is 2.33. The molecule has 0 fully saturated rings. The molecule has 20 heavy (non-hydrogen) atoms. The molecule has 0 aliphatic heterocycles. The lowest BCUT2D eigenvalue weighted by atomic mass is 10.1. The summed E-state index contributed by atoms with van der Waals surface area (Å²) in [7, 11) is 0. The van der Waals surface area contributed by atoms with E-state index in [1.54, 1.807) is 12.1 Å². The van der Waals surface area contributed by atoms with Crippen LogP contribution in [-0.2, 0) is 6.18 Å². The van der Waals surface area contributed by atoms with Crippen LogP contribution in [0, 0.1) is 0 Å². The fraction of sp³-hybridized carbons (Fsp3) is 0.167. The van der Waals surface area contributed by atoms with E-state index in [-0.39, 0.29) is 9.30 Å². The third-order valence-corrected chi connectivity index (χ3v) is 7.06. The van der Waals surface area contributed by atoms with Gasteiger partial charge in [-0.25, -0.2) is 0 Å². The molecule has 0 radical (unpaired) electrons. The zero-order valence-corrected chi connectivity index (χ0v) is 15.8. The monoisotopic (exact) mass is 510 g/mol. The zero-order chi connectivity index (χ0) is 15.1. The van der Waals surface area contributed by atoms with E-state index in [1.165, 1.54) is 17.4 Å². The highest BCUT2D eigenvalue weighted by molar-refractivity contribution is 9.11. The van der Waals surface area contributed by atoms with Crippen LogP contribution in [0.4, 0.5) is 13.2 Å². The van der Waals surface area contributed by atoms with E-state index in [4.69, 9.17) is 11.6 Å². The van der Waals surface area contributed by atoms with E-state index in [9.17, 15) is 13.2 Å². The molecule has 0 bridgehead atoms. The van der Waals surface area contributed by atoms with Gasteiger partial charge in [-0.05, 0) is 39.7 Å². The topological polar surface area (TPSA) is 0 Å². The van der Waals surface area contributed by atoms with Gasteiger partial charge in [-0.1, -0.05) is 49.5 Å². The Kier molecular flexibility index (Phi) is 5.28. The summed E-state index contributed by atoms with van der Waals surface area (Å²) >= 11 is 16.9. The minimum absolute atomic E-state index is 0.0267. The zero-order valence-electron chi connectivity index (χ0n) is 9.44. The van der Waals surface area contributed by atoms with E-state index in [1.807, 2.05) is 0 Å². The van der Waals surface area contributed by atoms with Gasteiger partial charge < -0.3 is 0 Å². The first-order chi connectivity index (χ1) is 9.20. The summed E-state index contributed by atoms with van der Waals surface area (Å²) in [6.07, 6.45) is -4.39. The van der Waals surface area contributed by atoms with Crippen LogP contribution in [0.2, 0.25) is 4.34 Å². The maximum absolute atomic E-state index is 12.9. The molecule has 1 heterocycles. The first-order valence-corrected chi connectivity index (χ1v) is 8.85. The predicted octanol–water partition coefficient (Wildman–Crippen LogP) is 7.43. The number of benzene rings is 1. The summed E-state index contributed by atoms with van der Waals surface area (Å²) in [5.41, 5.74) is -0.174. The van der Waals surface area contributed by atoms with Gasteiger partial charge in [0.2, 0.25) is 0 Å².